The van der Waals surface area contributed by atoms with Crippen molar-refractivity contribution in [3.05, 3.63) is 35.4 Å². The summed E-state index contributed by atoms with van der Waals surface area (Å²) in [5.41, 5.74) is 2.90. The minimum atomic E-state index is 0.698. The number of nitrogens with one attached hydrogen (secondary N) is 1. The first-order valence-corrected chi connectivity index (χ1v) is 7.80. The average molecular weight is 260 g/mol. The molecule has 1 atom stereocenters. The van der Waals surface area contributed by atoms with Crippen LogP contribution in [0.1, 0.15) is 43.7 Å². The summed E-state index contributed by atoms with van der Waals surface area (Å²) in [5.74, 6) is 0. The summed E-state index contributed by atoms with van der Waals surface area (Å²) in [4.78, 5) is 2.62. The lowest BCUT2D eigenvalue weighted by atomic mass is 10.0. The fourth-order valence-electron chi connectivity index (χ4n) is 2.97. The number of benzene rings is 1. The highest BCUT2D eigenvalue weighted by atomic mass is 15.1. The van der Waals surface area contributed by atoms with Crippen LogP contribution in [0.4, 0.5) is 0 Å². The van der Waals surface area contributed by atoms with Crippen molar-refractivity contribution < 1.29 is 0 Å². The summed E-state index contributed by atoms with van der Waals surface area (Å²) >= 11 is 0. The van der Waals surface area contributed by atoms with E-state index in [1.54, 1.807) is 0 Å². The van der Waals surface area contributed by atoms with Gasteiger partial charge in [-0.2, -0.15) is 0 Å². The Balaban J connectivity index is 1.93. The first-order chi connectivity index (χ1) is 9.29. The third-order valence-corrected chi connectivity index (χ3v) is 4.09. The van der Waals surface area contributed by atoms with Gasteiger partial charge in [0.15, 0.2) is 0 Å². The monoisotopic (exact) mass is 260 g/mol. The van der Waals surface area contributed by atoms with Gasteiger partial charge in [0.25, 0.3) is 0 Å². The van der Waals surface area contributed by atoms with Crippen LogP contribution in [-0.4, -0.2) is 30.6 Å². The predicted molar refractivity (Wildman–Crippen MR) is 82.4 cm³/mol. The van der Waals surface area contributed by atoms with E-state index in [9.17, 15) is 0 Å². The maximum atomic E-state index is 3.67. The van der Waals surface area contributed by atoms with Gasteiger partial charge in [-0.25, -0.2) is 0 Å². The zero-order valence-electron chi connectivity index (χ0n) is 12.5. The van der Waals surface area contributed by atoms with Gasteiger partial charge >= 0.3 is 0 Å². The molecular formula is C17H28N2. The van der Waals surface area contributed by atoms with E-state index in [-0.39, 0.29) is 0 Å². The zero-order valence-corrected chi connectivity index (χ0v) is 12.5. The number of rotatable bonds is 6. The Hall–Kier alpha value is -0.860. The topological polar surface area (TPSA) is 15.3 Å². The van der Waals surface area contributed by atoms with E-state index in [2.05, 4.69) is 48.3 Å². The van der Waals surface area contributed by atoms with Gasteiger partial charge in [-0.05, 0) is 50.4 Å². The standard InChI is InChI=1S/C17H28N2/c1-3-12-19(14-17-10-6-7-11-18-17)13-16-9-5-4-8-15(16)2/h4-5,8-9,17-18H,3,6-7,10-14H2,1-2H3. The van der Waals surface area contributed by atoms with E-state index in [0.29, 0.717) is 6.04 Å². The van der Waals surface area contributed by atoms with Crippen molar-refractivity contribution >= 4 is 0 Å². The molecule has 2 heteroatoms. The molecule has 0 spiro atoms. The van der Waals surface area contributed by atoms with Gasteiger partial charge in [-0.1, -0.05) is 37.6 Å². The van der Waals surface area contributed by atoms with Crippen LogP contribution in [-0.2, 0) is 6.54 Å². The number of aryl methyl sites for hydroxylation is 1. The molecule has 106 valence electrons. The molecule has 0 aliphatic carbocycles. The number of hydrogen-bond donors (Lipinski definition) is 1. The van der Waals surface area contributed by atoms with Crippen molar-refractivity contribution in [3.8, 4) is 0 Å². The third kappa shape index (κ3) is 4.63. The Morgan fingerprint density at radius 3 is 2.79 bits per heavy atom. The Morgan fingerprint density at radius 2 is 2.11 bits per heavy atom. The molecule has 1 saturated heterocycles. The average Bonchev–Trinajstić information content (AvgIpc) is 2.43. The van der Waals surface area contributed by atoms with Crippen LogP contribution in [0.3, 0.4) is 0 Å². The second-order valence-corrected chi connectivity index (χ2v) is 5.81. The van der Waals surface area contributed by atoms with Crippen LogP contribution in [0.15, 0.2) is 24.3 Å². The fraction of sp³-hybridized carbons (Fsp3) is 0.647. The van der Waals surface area contributed by atoms with Gasteiger partial charge in [0, 0.05) is 19.1 Å². The molecular weight excluding hydrogens is 232 g/mol. The Bertz CT molecular complexity index is 369. The van der Waals surface area contributed by atoms with Gasteiger partial charge in [-0.15, -0.1) is 0 Å². The molecule has 2 rings (SSSR count). The Morgan fingerprint density at radius 1 is 1.26 bits per heavy atom. The number of nitrogens with zero attached hydrogens (tertiary/aromatic N) is 1. The molecule has 0 amide bonds. The Labute approximate surface area is 118 Å². The smallest absolute Gasteiger partial charge is 0.0237 e. The van der Waals surface area contributed by atoms with Crippen molar-refractivity contribution in [1.29, 1.82) is 0 Å². The first kappa shape index (κ1) is 14.5. The summed E-state index contributed by atoms with van der Waals surface area (Å²) in [6.07, 6.45) is 5.32. The summed E-state index contributed by atoms with van der Waals surface area (Å²) in [5, 5.41) is 3.67. The molecule has 0 saturated carbocycles. The molecule has 1 N–H and O–H groups in total. The predicted octanol–water partition coefficient (Wildman–Crippen LogP) is 3.35. The highest BCUT2D eigenvalue weighted by Gasteiger charge is 2.16. The van der Waals surface area contributed by atoms with Crippen LogP contribution in [0.2, 0.25) is 0 Å². The highest BCUT2D eigenvalue weighted by molar-refractivity contribution is 5.25. The largest absolute Gasteiger partial charge is 0.313 e. The van der Waals surface area contributed by atoms with E-state index >= 15 is 0 Å². The van der Waals surface area contributed by atoms with Crippen molar-refractivity contribution in [2.45, 2.75) is 52.1 Å². The van der Waals surface area contributed by atoms with Gasteiger partial charge < -0.3 is 5.32 Å². The molecule has 0 bridgehead atoms. The Kier molecular flexibility index (Phi) is 5.87. The van der Waals surface area contributed by atoms with E-state index in [4.69, 9.17) is 0 Å². The highest BCUT2D eigenvalue weighted by Crippen LogP contribution is 2.14. The van der Waals surface area contributed by atoms with Crippen molar-refractivity contribution in [1.82, 2.24) is 10.2 Å². The SMILES string of the molecule is CCCN(Cc1ccccc1C)CC1CCCCN1. The maximum absolute atomic E-state index is 3.67. The fourth-order valence-corrected chi connectivity index (χ4v) is 2.97. The molecule has 1 fully saturated rings. The van der Waals surface area contributed by atoms with Crippen molar-refractivity contribution in [2.24, 2.45) is 0 Å². The molecule has 1 unspecified atom stereocenters. The maximum Gasteiger partial charge on any atom is 0.0237 e. The second kappa shape index (κ2) is 7.66. The molecule has 1 aromatic carbocycles. The van der Waals surface area contributed by atoms with Crippen LogP contribution in [0, 0.1) is 6.92 Å². The summed E-state index contributed by atoms with van der Waals surface area (Å²) in [6, 6.07) is 9.48. The van der Waals surface area contributed by atoms with Crippen LogP contribution >= 0.6 is 0 Å². The van der Waals surface area contributed by atoms with Crippen molar-refractivity contribution in [3.63, 3.8) is 0 Å². The van der Waals surface area contributed by atoms with Crippen molar-refractivity contribution in [2.75, 3.05) is 19.6 Å². The first-order valence-electron chi connectivity index (χ1n) is 7.80. The molecule has 1 heterocycles. The molecule has 0 aromatic heterocycles. The lowest BCUT2D eigenvalue weighted by Crippen LogP contribution is -2.43. The van der Waals surface area contributed by atoms with E-state index in [1.165, 1.54) is 56.4 Å². The van der Waals surface area contributed by atoms with Gasteiger partial charge in [0.1, 0.15) is 0 Å². The molecule has 2 nitrogen and oxygen atoms in total. The second-order valence-electron chi connectivity index (χ2n) is 5.81. The van der Waals surface area contributed by atoms with Crippen LogP contribution in [0.5, 0.6) is 0 Å². The minimum absolute atomic E-state index is 0.698. The number of hydrogen-bond acceptors (Lipinski definition) is 2. The molecule has 1 aromatic rings. The van der Waals surface area contributed by atoms with E-state index in [1.807, 2.05) is 0 Å². The minimum Gasteiger partial charge on any atom is -0.313 e. The van der Waals surface area contributed by atoms with Gasteiger partial charge in [-0.3, -0.25) is 4.90 Å². The molecule has 0 radical (unpaired) electrons. The third-order valence-electron chi connectivity index (χ3n) is 4.09. The molecule has 19 heavy (non-hydrogen) atoms. The molecule has 1 aliphatic heterocycles. The van der Waals surface area contributed by atoms with Gasteiger partial charge in [0.05, 0.1) is 0 Å². The summed E-state index contributed by atoms with van der Waals surface area (Å²) in [6.45, 7) is 9.19. The quantitative estimate of drug-likeness (QED) is 0.844. The molecule has 1 aliphatic rings. The zero-order chi connectivity index (χ0) is 13.5. The number of piperidine rings is 1. The van der Waals surface area contributed by atoms with E-state index in [0.717, 1.165) is 6.54 Å². The van der Waals surface area contributed by atoms with E-state index < -0.39 is 0 Å². The van der Waals surface area contributed by atoms with Crippen LogP contribution < -0.4 is 5.32 Å². The summed E-state index contributed by atoms with van der Waals surface area (Å²) < 4.78 is 0. The lowest BCUT2D eigenvalue weighted by molar-refractivity contribution is 0.217. The van der Waals surface area contributed by atoms with Gasteiger partial charge in [0.2, 0.25) is 0 Å². The lowest BCUT2D eigenvalue weighted by Gasteiger charge is -2.30. The normalized spacial score (nSPS) is 19.8. The summed E-state index contributed by atoms with van der Waals surface area (Å²) in [7, 11) is 0. The van der Waals surface area contributed by atoms with Crippen LogP contribution in [0.25, 0.3) is 0 Å².